The summed E-state index contributed by atoms with van der Waals surface area (Å²) in [6.45, 7) is 0. The van der Waals surface area contributed by atoms with E-state index >= 15 is 0 Å². The Morgan fingerprint density at radius 3 is 2.70 bits per heavy atom. The average Bonchev–Trinajstić information content (AvgIpc) is 2.61. The zero-order valence-corrected chi connectivity index (χ0v) is 10.8. The molecule has 2 aliphatic rings. The Kier molecular flexibility index (Phi) is 2.36. The molecule has 1 aliphatic heterocycles. The summed E-state index contributed by atoms with van der Waals surface area (Å²) in [7, 11) is 0. The molecule has 0 atom stereocenters. The van der Waals surface area contributed by atoms with Crippen molar-refractivity contribution >= 4 is 16.6 Å². The maximum Gasteiger partial charge on any atom is 0.190 e. The van der Waals surface area contributed by atoms with E-state index in [9.17, 15) is 4.79 Å². The molecule has 0 amide bonds. The van der Waals surface area contributed by atoms with E-state index in [0.717, 1.165) is 28.5 Å². The molecule has 0 fully saturated rings. The molecule has 1 aliphatic carbocycles. The first-order valence-corrected chi connectivity index (χ1v) is 6.64. The van der Waals surface area contributed by atoms with Crippen LogP contribution in [0.5, 0.6) is 5.75 Å². The molecule has 2 heteroatoms. The minimum atomic E-state index is 0.0134. The highest BCUT2D eigenvalue weighted by Gasteiger charge is 2.21. The molecule has 0 N–H and O–H groups in total. The van der Waals surface area contributed by atoms with Crippen LogP contribution in [0.3, 0.4) is 0 Å². The van der Waals surface area contributed by atoms with Crippen molar-refractivity contribution in [1.82, 2.24) is 0 Å². The lowest BCUT2D eigenvalue weighted by molar-refractivity contribution is 0.104. The first kappa shape index (κ1) is 11.2. The Bertz CT molecular complexity index is 822. The van der Waals surface area contributed by atoms with E-state index in [-0.39, 0.29) is 5.78 Å². The number of ketones is 1. The fourth-order valence-electron chi connectivity index (χ4n) is 2.64. The van der Waals surface area contributed by atoms with Crippen LogP contribution in [0.25, 0.3) is 10.8 Å². The zero-order chi connectivity index (χ0) is 13.5. The molecule has 0 saturated carbocycles. The number of ether oxygens (including phenoxy) is 1. The second kappa shape index (κ2) is 4.20. The number of hydrogen-bond acceptors (Lipinski definition) is 2. The summed E-state index contributed by atoms with van der Waals surface area (Å²) < 4.78 is 5.96. The van der Waals surface area contributed by atoms with Gasteiger partial charge in [0.05, 0.1) is 5.56 Å². The summed E-state index contributed by atoms with van der Waals surface area (Å²) in [6, 6.07) is 11.8. The highest BCUT2D eigenvalue weighted by Crippen LogP contribution is 2.34. The van der Waals surface area contributed by atoms with Gasteiger partial charge in [-0.05, 0) is 41.5 Å². The normalized spacial score (nSPS) is 16.7. The molecule has 2 aromatic carbocycles. The third kappa shape index (κ3) is 1.69. The first-order chi connectivity index (χ1) is 9.81. The van der Waals surface area contributed by atoms with Crippen LogP contribution in [-0.4, -0.2) is 5.78 Å². The van der Waals surface area contributed by atoms with E-state index in [1.165, 1.54) is 0 Å². The summed E-state index contributed by atoms with van der Waals surface area (Å²) in [6.07, 6.45) is 8.33. The molecule has 2 aromatic rings. The van der Waals surface area contributed by atoms with Crippen molar-refractivity contribution in [3.8, 4) is 5.75 Å². The predicted molar refractivity (Wildman–Crippen MR) is 78.8 cm³/mol. The summed E-state index contributed by atoms with van der Waals surface area (Å²) >= 11 is 0. The van der Waals surface area contributed by atoms with Gasteiger partial charge in [-0.15, -0.1) is 0 Å². The van der Waals surface area contributed by atoms with Crippen molar-refractivity contribution in [2.75, 3.05) is 0 Å². The summed E-state index contributed by atoms with van der Waals surface area (Å²) in [5.41, 5.74) is 1.57. The largest absolute Gasteiger partial charge is 0.456 e. The molecule has 20 heavy (non-hydrogen) atoms. The number of fused-ring (bicyclic) bond motifs is 3. The van der Waals surface area contributed by atoms with Gasteiger partial charge in [-0.2, -0.15) is 0 Å². The fraction of sp³-hybridized carbons (Fsp3) is 0.0556. The van der Waals surface area contributed by atoms with Crippen molar-refractivity contribution < 1.29 is 9.53 Å². The molecule has 4 rings (SSSR count). The summed E-state index contributed by atoms with van der Waals surface area (Å²) in [5.74, 6) is 1.43. The lowest BCUT2D eigenvalue weighted by atomic mass is 10.0. The van der Waals surface area contributed by atoms with Crippen LogP contribution >= 0.6 is 0 Å². The Morgan fingerprint density at radius 2 is 1.85 bits per heavy atom. The number of rotatable bonds is 0. The van der Waals surface area contributed by atoms with Gasteiger partial charge in [-0.1, -0.05) is 36.4 Å². The van der Waals surface area contributed by atoms with Gasteiger partial charge in [0.2, 0.25) is 0 Å². The third-order valence-electron chi connectivity index (χ3n) is 3.68. The van der Waals surface area contributed by atoms with Gasteiger partial charge >= 0.3 is 0 Å². The van der Waals surface area contributed by atoms with Crippen molar-refractivity contribution in [1.29, 1.82) is 0 Å². The molecule has 0 aromatic heterocycles. The number of benzene rings is 2. The van der Waals surface area contributed by atoms with Crippen molar-refractivity contribution in [3.63, 3.8) is 0 Å². The van der Waals surface area contributed by atoms with Gasteiger partial charge in [-0.25, -0.2) is 0 Å². The highest BCUT2D eigenvalue weighted by atomic mass is 16.5. The Morgan fingerprint density at radius 1 is 1.05 bits per heavy atom. The van der Waals surface area contributed by atoms with Gasteiger partial charge in [0, 0.05) is 5.57 Å². The topological polar surface area (TPSA) is 26.3 Å². The first-order valence-electron chi connectivity index (χ1n) is 6.64. The Hall–Kier alpha value is -2.61. The second-order valence-electron chi connectivity index (χ2n) is 4.99. The minimum absolute atomic E-state index is 0.0134. The smallest absolute Gasteiger partial charge is 0.190 e. The molecule has 0 unspecified atom stereocenters. The Balaban J connectivity index is 1.96. The predicted octanol–water partition coefficient (Wildman–Crippen LogP) is 4.19. The number of carbonyl (C=O) groups excluding carboxylic acids is 1. The van der Waals surface area contributed by atoms with E-state index in [2.05, 4.69) is 0 Å². The SMILES string of the molecule is O=C1C=C2CC=CC=C2Oc2cc3ccccc3cc21. The molecule has 0 saturated heterocycles. The van der Waals surface area contributed by atoms with E-state index in [1.54, 1.807) is 6.08 Å². The highest BCUT2D eigenvalue weighted by molar-refractivity contribution is 6.10. The van der Waals surface area contributed by atoms with E-state index < -0.39 is 0 Å². The lowest BCUT2D eigenvalue weighted by Gasteiger charge is -2.13. The van der Waals surface area contributed by atoms with Gasteiger partial charge in [-0.3, -0.25) is 4.79 Å². The molecular weight excluding hydrogens is 248 g/mol. The van der Waals surface area contributed by atoms with Gasteiger partial charge < -0.3 is 4.74 Å². The number of allylic oxidation sites excluding steroid dienone is 5. The maximum absolute atomic E-state index is 12.4. The van der Waals surface area contributed by atoms with E-state index in [0.29, 0.717) is 11.3 Å². The molecule has 2 nitrogen and oxygen atoms in total. The van der Waals surface area contributed by atoms with Crippen LogP contribution in [0, 0.1) is 0 Å². The van der Waals surface area contributed by atoms with Crippen LogP contribution in [0.15, 0.2) is 72.0 Å². The second-order valence-corrected chi connectivity index (χ2v) is 4.99. The van der Waals surface area contributed by atoms with Crippen LogP contribution < -0.4 is 4.74 Å². The van der Waals surface area contributed by atoms with E-state index in [1.807, 2.05) is 54.6 Å². The number of carbonyl (C=O) groups is 1. The molecule has 0 spiro atoms. The van der Waals surface area contributed by atoms with Crippen molar-refractivity contribution in [2.24, 2.45) is 0 Å². The van der Waals surface area contributed by atoms with Gasteiger partial charge in [0.25, 0.3) is 0 Å². The average molecular weight is 260 g/mol. The number of hydrogen-bond donors (Lipinski definition) is 0. The van der Waals surface area contributed by atoms with Gasteiger partial charge in [0.1, 0.15) is 11.5 Å². The minimum Gasteiger partial charge on any atom is -0.456 e. The van der Waals surface area contributed by atoms with Crippen LogP contribution in [0.2, 0.25) is 0 Å². The molecule has 0 radical (unpaired) electrons. The quantitative estimate of drug-likeness (QED) is 0.710. The monoisotopic (exact) mass is 260 g/mol. The summed E-state index contributed by atoms with van der Waals surface area (Å²) in [4.78, 5) is 12.4. The molecule has 0 bridgehead atoms. The maximum atomic E-state index is 12.4. The van der Waals surface area contributed by atoms with E-state index in [4.69, 9.17) is 4.74 Å². The van der Waals surface area contributed by atoms with Crippen LogP contribution in [-0.2, 0) is 0 Å². The van der Waals surface area contributed by atoms with Crippen molar-refractivity contribution in [3.05, 3.63) is 77.6 Å². The summed E-state index contributed by atoms with van der Waals surface area (Å²) in [5, 5.41) is 2.13. The van der Waals surface area contributed by atoms with Crippen molar-refractivity contribution in [2.45, 2.75) is 6.42 Å². The standard InChI is InChI=1S/C18H12O2/c19-16-10-14-7-3-4-8-17(14)20-18-11-13-6-2-1-5-12(13)9-15(16)18/h1-6,8-11H,7H2. The van der Waals surface area contributed by atoms with Crippen LogP contribution in [0.1, 0.15) is 16.8 Å². The molecule has 96 valence electrons. The molecular formula is C18H12O2. The lowest BCUT2D eigenvalue weighted by Crippen LogP contribution is -2.00. The Labute approximate surface area is 116 Å². The fourth-order valence-corrected chi connectivity index (χ4v) is 2.64. The van der Waals surface area contributed by atoms with Crippen LogP contribution in [0.4, 0.5) is 0 Å². The molecule has 1 heterocycles. The zero-order valence-electron chi connectivity index (χ0n) is 10.8. The van der Waals surface area contributed by atoms with Gasteiger partial charge in [0.15, 0.2) is 5.78 Å². The third-order valence-corrected chi connectivity index (χ3v) is 3.68.